The maximum absolute atomic E-state index is 5.23. The summed E-state index contributed by atoms with van der Waals surface area (Å²) in [5.74, 6) is 0. The lowest BCUT2D eigenvalue weighted by molar-refractivity contribution is 0.765. The van der Waals surface area contributed by atoms with Crippen molar-refractivity contribution in [1.82, 2.24) is 5.32 Å². The van der Waals surface area contributed by atoms with Crippen molar-refractivity contribution in [2.24, 2.45) is 10.7 Å². The molecule has 0 spiro atoms. The van der Waals surface area contributed by atoms with Crippen molar-refractivity contribution in [3.8, 4) is 0 Å². The van der Waals surface area contributed by atoms with Crippen molar-refractivity contribution in [3.63, 3.8) is 0 Å². The van der Waals surface area contributed by atoms with Crippen LogP contribution in [0.1, 0.15) is 6.42 Å². The standard InChI is InChI=1S/C19H24N4/c20-12-5-13-21-16-22-14-17-6-4-7-18(11-10-17)15-23-19-8-2-1-3-9-19/h1-3,5-13,22-23H,4,14-16,20H2/b12-5-,21-13?. The van der Waals surface area contributed by atoms with Gasteiger partial charge < -0.3 is 11.1 Å². The summed E-state index contributed by atoms with van der Waals surface area (Å²) in [5, 5.41) is 6.72. The van der Waals surface area contributed by atoms with Gasteiger partial charge in [-0.3, -0.25) is 10.3 Å². The molecule has 2 rings (SSSR count). The summed E-state index contributed by atoms with van der Waals surface area (Å²) in [4.78, 5) is 4.17. The Kier molecular flexibility index (Phi) is 7.43. The van der Waals surface area contributed by atoms with Gasteiger partial charge in [0.25, 0.3) is 0 Å². The van der Waals surface area contributed by atoms with Crippen LogP contribution >= 0.6 is 0 Å². The Morgan fingerprint density at radius 2 is 1.78 bits per heavy atom. The van der Waals surface area contributed by atoms with E-state index in [-0.39, 0.29) is 0 Å². The number of aliphatic imine (C=N–C) groups is 1. The Morgan fingerprint density at radius 1 is 1.04 bits per heavy atom. The third-order valence-electron chi connectivity index (χ3n) is 3.38. The average Bonchev–Trinajstić information content (AvgIpc) is 2.82. The first-order valence-corrected chi connectivity index (χ1v) is 7.81. The first kappa shape index (κ1) is 16.8. The molecule has 1 aliphatic rings. The van der Waals surface area contributed by atoms with E-state index in [1.807, 2.05) is 18.2 Å². The Balaban J connectivity index is 1.73. The van der Waals surface area contributed by atoms with E-state index in [4.69, 9.17) is 5.73 Å². The minimum atomic E-state index is 0.589. The van der Waals surface area contributed by atoms with Crippen LogP contribution in [-0.4, -0.2) is 26.0 Å². The van der Waals surface area contributed by atoms with Gasteiger partial charge >= 0.3 is 0 Å². The number of nitrogens with two attached hydrogens (primary N) is 1. The van der Waals surface area contributed by atoms with Gasteiger partial charge in [-0.2, -0.15) is 0 Å². The summed E-state index contributed by atoms with van der Waals surface area (Å²) in [6.07, 6.45) is 14.7. The molecule has 4 heteroatoms. The summed E-state index contributed by atoms with van der Waals surface area (Å²) in [6, 6.07) is 10.3. The molecule has 0 amide bonds. The van der Waals surface area contributed by atoms with Gasteiger partial charge in [-0.25, -0.2) is 0 Å². The predicted octanol–water partition coefficient (Wildman–Crippen LogP) is 3.00. The quantitative estimate of drug-likeness (QED) is 0.511. The van der Waals surface area contributed by atoms with Gasteiger partial charge in [-0.05, 0) is 42.0 Å². The maximum atomic E-state index is 5.23. The fourth-order valence-electron chi connectivity index (χ4n) is 2.16. The van der Waals surface area contributed by atoms with Crippen LogP contribution in [0.15, 0.2) is 83.1 Å². The number of nitrogens with zero attached hydrogens (tertiary/aromatic N) is 1. The molecule has 0 saturated carbocycles. The molecule has 1 aromatic rings. The molecule has 23 heavy (non-hydrogen) atoms. The molecule has 1 aromatic carbocycles. The monoisotopic (exact) mass is 308 g/mol. The SMILES string of the molecule is N/C=C\C=NCNCC1=CCC=C(CNc2ccccc2)C=C1. The normalized spacial score (nSPS) is 14.8. The zero-order chi connectivity index (χ0) is 16.2. The molecule has 120 valence electrons. The number of rotatable bonds is 8. The van der Waals surface area contributed by atoms with Gasteiger partial charge in [0.1, 0.15) is 0 Å². The lowest BCUT2D eigenvalue weighted by Gasteiger charge is -2.06. The second-order valence-electron chi connectivity index (χ2n) is 5.15. The number of para-hydroxylation sites is 1. The average molecular weight is 308 g/mol. The highest BCUT2D eigenvalue weighted by Crippen LogP contribution is 2.12. The zero-order valence-corrected chi connectivity index (χ0v) is 13.3. The van der Waals surface area contributed by atoms with E-state index < -0.39 is 0 Å². The highest BCUT2D eigenvalue weighted by atomic mass is 15.0. The summed E-state index contributed by atoms with van der Waals surface area (Å²) in [5.41, 5.74) is 8.95. The molecule has 0 aromatic heterocycles. The van der Waals surface area contributed by atoms with Crippen LogP contribution in [0.4, 0.5) is 5.69 Å². The third kappa shape index (κ3) is 6.80. The molecule has 4 N–H and O–H groups in total. The molecule has 0 fully saturated rings. The minimum Gasteiger partial charge on any atom is -0.405 e. The van der Waals surface area contributed by atoms with Crippen LogP contribution in [-0.2, 0) is 0 Å². The van der Waals surface area contributed by atoms with Crippen LogP contribution < -0.4 is 16.4 Å². The molecule has 0 heterocycles. The lowest BCUT2D eigenvalue weighted by atomic mass is 10.2. The molecule has 4 nitrogen and oxygen atoms in total. The van der Waals surface area contributed by atoms with E-state index in [9.17, 15) is 0 Å². The van der Waals surface area contributed by atoms with Gasteiger partial charge in [-0.15, -0.1) is 0 Å². The van der Waals surface area contributed by atoms with E-state index in [0.717, 1.165) is 25.2 Å². The van der Waals surface area contributed by atoms with Gasteiger partial charge in [0.2, 0.25) is 0 Å². The Labute approximate surface area is 138 Å². The maximum Gasteiger partial charge on any atom is 0.0887 e. The molecule has 0 radical (unpaired) electrons. The minimum absolute atomic E-state index is 0.589. The topological polar surface area (TPSA) is 62.4 Å². The van der Waals surface area contributed by atoms with Crippen LogP contribution in [0.3, 0.4) is 0 Å². The van der Waals surface area contributed by atoms with Crippen molar-refractivity contribution in [2.75, 3.05) is 25.1 Å². The Hall–Kier alpha value is -2.59. The van der Waals surface area contributed by atoms with E-state index in [1.54, 1.807) is 12.3 Å². The first-order valence-electron chi connectivity index (χ1n) is 7.81. The van der Waals surface area contributed by atoms with Gasteiger partial charge in [-0.1, -0.05) is 42.5 Å². The molecule has 1 aliphatic carbocycles. The highest BCUT2D eigenvalue weighted by molar-refractivity contribution is 5.70. The number of nitrogens with one attached hydrogen (secondary N) is 2. The summed E-state index contributed by atoms with van der Waals surface area (Å²) < 4.78 is 0. The molecule has 0 saturated heterocycles. The molecular formula is C19H24N4. The van der Waals surface area contributed by atoms with Gasteiger partial charge in [0, 0.05) is 25.0 Å². The number of anilines is 1. The van der Waals surface area contributed by atoms with Gasteiger partial charge in [0.15, 0.2) is 0 Å². The van der Waals surface area contributed by atoms with Crippen molar-refractivity contribution in [2.45, 2.75) is 6.42 Å². The van der Waals surface area contributed by atoms with E-state index in [0.29, 0.717) is 6.67 Å². The van der Waals surface area contributed by atoms with Crippen molar-refractivity contribution in [3.05, 3.63) is 78.1 Å². The number of hydrogen-bond donors (Lipinski definition) is 3. The van der Waals surface area contributed by atoms with Crippen molar-refractivity contribution in [1.29, 1.82) is 0 Å². The van der Waals surface area contributed by atoms with Crippen molar-refractivity contribution >= 4 is 11.9 Å². The van der Waals surface area contributed by atoms with Crippen LogP contribution in [0.2, 0.25) is 0 Å². The third-order valence-corrected chi connectivity index (χ3v) is 3.38. The summed E-state index contributed by atoms with van der Waals surface area (Å²) >= 11 is 0. The van der Waals surface area contributed by atoms with E-state index >= 15 is 0 Å². The number of benzene rings is 1. The Bertz CT molecular complexity index is 610. The fraction of sp³-hybridized carbons (Fsp3) is 0.211. The predicted molar refractivity (Wildman–Crippen MR) is 99.5 cm³/mol. The first-order chi connectivity index (χ1) is 11.4. The summed E-state index contributed by atoms with van der Waals surface area (Å²) in [7, 11) is 0. The summed E-state index contributed by atoms with van der Waals surface area (Å²) in [6.45, 7) is 2.24. The number of hydrogen-bond acceptors (Lipinski definition) is 4. The molecular weight excluding hydrogens is 284 g/mol. The molecule has 0 unspecified atom stereocenters. The largest absolute Gasteiger partial charge is 0.405 e. The molecule has 0 atom stereocenters. The highest BCUT2D eigenvalue weighted by Gasteiger charge is 1.99. The zero-order valence-electron chi connectivity index (χ0n) is 13.3. The fourth-order valence-corrected chi connectivity index (χ4v) is 2.16. The smallest absolute Gasteiger partial charge is 0.0887 e. The number of allylic oxidation sites excluding steroid dienone is 3. The second-order valence-corrected chi connectivity index (χ2v) is 5.15. The van der Waals surface area contributed by atoms with Crippen LogP contribution in [0.25, 0.3) is 0 Å². The molecule has 0 bridgehead atoms. The van der Waals surface area contributed by atoms with E-state index in [2.05, 4.69) is 52.1 Å². The van der Waals surface area contributed by atoms with E-state index in [1.165, 1.54) is 17.3 Å². The lowest BCUT2D eigenvalue weighted by Crippen LogP contribution is -2.16. The Morgan fingerprint density at radius 3 is 2.52 bits per heavy atom. The van der Waals surface area contributed by atoms with Gasteiger partial charge in [0.05, 0.1) is 6.67 Å². The van der Waals surface area contributed by atoms with Crippen LogP contribution in [0, 0.1) is 0 Å². The van der Waals surface area contributed by atoms with Crippen molar-refractivity contribution < 1.29 is 0 Å². The second kappa shape index (κ2) is 10.2. The molecule has 0 aliphatic heterocycles. The van der Waals surface area contributed by atoms with Crippen LogP contribution in [0.5, 0.6) is 0 Å².